The number of nitrogens with zero attached hydrogens (tertiary/aromatic N) is 4. The summed E-state index contributed by atoms with van der Waals surface area (Å²) < 4.78 is 0. The molecule has 0 unspecified atom stereocenters. The Bertz CT molecular complexity index is 1270. The van der Waals surface area contributed by atoms with Crippen molar-refractivity contribution >= 4 is 27.8 Å². The molecule has 0 aliphatic heterocycles. The van der Waals surface area contributed by atoms with Crippen molar-refractivity contribution in [2.45, 2.75) is 6.42 Å². The fourth-order valence-electron chi connectivity index (χ4n) is 3.56. The van der Waals surface area contributed by atoms with Gasteiger partial charge in [0.25, 0.3) is 0 Å². The van der Waals surface area contributed by atoms with Crippen LogP contribution in [0.1, 0.15) is 11.5 Å². The molecule has 0 radical (unpaired) electrons. The predicted octanol–water partition coefficient (Wildman–Crippen LogP) is 4.83. The lowest BCUT2D eigenvalue weighted by Crippen LogP contribution is -2.08. The van der Waals surface area contributed by atoms with Crippen LogP contribution in [0.25, 0.3) is 33.3 Å². The minimum absolute atomic E-state index is 0.595. The summed E-state index contributed by atoms with van der Waals surface area (Å²) in [4.78, 5) is 20.1. The van der Waals surface area contributed by atoms with Crippen LogP contribution in [0.4, 0.5) is 5.69 Å². The molecule has 0 bridgehead atoms. The lowest BCUT2D eigenvalue weighted by Gasteiger charge is -2.14. The number of H-pyrrole nitrogens is 1. The number of hydrogen-bond donors (Lipinski definition) is 1. The van der Waals surface area contributed by atoms with Crippen molar-refractivity contribution in [3.63, 3.8) is 0 Å². The van der Waals surface area contributed by atoms with E-state index in [0.29, 0.717) is 6.42 Å². The molecule has 0 saturated heterocycles. The Kier molecular flexibility index (Phi) is 4.21. The van der Waals surface area contributed by atoms with Crippen LogP contribution in [-0.2, 0) is 6.42 Å². The van der Waals surface area contributed by atoms with Crippen LogP contribution in [0.5, 0.6) is 0 Å². The van der Waals surface area contributed by atoms with Crippen LogP contribution in [-0.4, -0.2) is 34.0 Å². The fraction of sp³-hybridized carbons (Fsp3) is 0.125. The van der Waals surface area contributed by atoms with Crippen molar-refractivity contribution in [1.82, 2.24) is 19.9 Å². The third kappa shape index (κ3) is 3.31. The van der Waals surface area contributed by atoms with Gasteiger partial charge in [-0.1, -0.05) is 36.4 Å². The highest BCUT2D eigenvalue weighted by molar-refractivity contribution is 5.79. The first-order valence-electron chi connectivity index (χ1n) is 9.64. The Morgan fingerprint density at radius 2 is 1.38 bits per heavy atom. The van der Waals surface area contributed by atoms with E-state index in [9.17, 15) is 0 Å². The summed E-state index contributed by atoms with van der Waals surface area (Å²) in [6.45, 7) is 0. The van der Waals surface area contributed by atoms with Gasteiger partial charge in [0.1, 0.15) is 5.82 Å². The van der Waals surface area contributed by atoms with E-state index < -0.39 is 0 Å². The Morgan fingerprint density at radius 1 is 0.724 bits per heavy atom. The second-order valence-corrected chi connectivity index (χ2v) is 7.33. The highest BCUT2D eigenvalue weighted by atomic mass is 15.1. The number of fused-ring (bicyclic) bond motifs is 2. The number of para-hydroxylation sites is 4. The molecule has 5 aromatic rings. The fourth-order valence-corrected chi connectivity index (χ4v) is 3.56. The molecule has 5 rings (SSSR count). The molecule has 0 aliphatic carbocycles. The molecule has 5 nitrogen and oxygen atoms in total. The van der Waals surface area contributed by atoms with E-state index in [-0.39, 0.29) is 0 Å². The summed E-state index contributed by atoms with van der Waals surface area (Å²) in [6, 6.07) is 24.5. The van der Waals surface area contributed by atoms with Crippen molar-refractivity contribution in [3.05, 3.63) is 84.3 Å². The summed E-state index contributed by atoms with van der Waals surface area (Å²) in [5, 5.41) is 0. The molecular weight excluding hydrogens is 358 g/mol. The van der Waals surface area contributed by atoms with Gasteiger partial charge in [-0.2, -0.15) is 0 Å². The van der Waals surface area contributed by atoms with Crippen molar-refractivity contribution in [2.75, 3.05) is 19.0 Å². The molecule has 142 valence electrons. The highest BCUT2D eigenvalue weighted by Crippen LogP contribution is 2.27. The van der Waals surface area contributed by atoms with E-state index in [4.69, 9.17) is 15.0 Å². The molecule has 1 N–H and O–H groups in total. The van der Waals surface area contributed by atoms with Crippen LogP contribution in [0.2, 0.25) is 0 Å². The molecule has 2 aromatic heterocycles. The number of hydrogen-bond acceptors (Lipinski definition) is 4. The van der Waals surface area contributed by atoms with Gasteiger partial charge in [-0.05, 0) is 36.4 Å². The van der Waals surface area contributed by atoms with Crippen LogP contribution >= 0.6 is 0 Å². The lowest BCUT2D eigenvalue weighted by molar-refractivity contribution is 0.986. The number of aromatic amines is 1. The lowest BCUT2D eigenvalue weighted by atomic mass is 10.1. The summed E-state index contributed by atoms with van der Waals surface area (Å²) in [6.07, 6.45) is 0.595. The molecule has 3 aromatic carbocycles. The number of imidazole rings is 1. The van der Waals surface area contributed by atoms with Crippen LogP contribution in [0.15, 0.2) is 72.8 Å². The minimum Gasteiger partial charge on any atom is -0.378 e. The van der Waals surface area contributed by atoms with Gasteiger partial charge in [0.15, 0.2) is 0 Å². The van der Waals surface area contributed by atoms with Gasteiger partial charge < -0.3 is 9.88 Å². The number of benzene rings is 3. The van der Waals surface area contributed by atoms with Crippen molar-refractivity contribution in [3.8, 4) is 11.3 Å². The molecular formula is C24H21N5. The SMILES string of the molecule is CN(C)c1ccc(-c2nc3ccccc3nc2Cc2nc3ccccc3[nH]2)cc1. The number of aromatic nitrogens is 4. The normalized spacial score (nSPS) is 11.2. The van der Waals surface area contributed by atoms with Crippen LogP contribution in [0, 0.1) is 0 Å². The van der Waals surface area contributed by atoms with Crippen molar-refractivity contribution in [2.24, 2.45) is 0 Å². The highest BCUT2D eigenvalue weighted by Gasteiger charge is 2.14. The molecule has 0 spiro atoms. The van der Waals surface area contributed by atoms with E-state index in [2.05, 4.69) is 34.1 Å². The molecule has 5 heteroatoms. The van der Waals surface area contributed by atoms with E-state index >= 15 is 0 Å². The molecule has 0 atom stereocenters. The summed E-state index contributed by atoms with van der Waals surface area (Å²) in [7, 11) is 4.08. The van der Waals surface area contributed by atoms with E-state index in [1.807, 2.05) is 62.6 Å². The Morgan fingerprint density at radius 3 is 2.07 bits per heavy atom. The quantitative estimate of drug-likeness (QED) is 0.486. The number of nitrogens with one attached hydrogen (secondary N) is 1. The smallest absolute Gasteiger partial charge is 0.113 e. The van der Waals surface area contributed by atoms with Crippen LogP contribution < -0.4 is 4.90 Å². The second kappa shape index (κ2) is 7.02. The zero-order valence-electron chi connectivity index (χ0n) is 16.4. The third-order valence-corrected chi connectivity index (χ3v) is 5.07. The first kappa shape index (κ1) is 17.4. The van der Waals surface area contributed by atoms with Crippen LogP contribution in [0.3, 0.4) is 0 Å². The first-order chi connectivity index (χ1) is 14.2. The maximum Gasteiger partial charge on any atom is 0.113 e. The molecule has 2 heterocycles. The average molecular weight is 379 g/mol. The topological polar surface area (TPSA) is 57.7 Å². The zero-order valence-corrected chi connectivity index (χ0v) is 16.4. The van der Waals surface area contributed by atoms with Gasteiger partial charge in [0, 0.05) is 25.3 Å². The number of rotatable bonds is 4. The summed E-state index contributed by atoms with van der Waals surface area (Å²) in [5.74, 6) is 0.891. The standard InChI is InChI=1S/C24H21N5/c1-29(2)17-13-11-16(12-14-17)24-22(25-18-7-3-6-10-21(18)28-24)15-23-26-19-8-4-5-9-20(19)27-23/h3-14H,15H2,1-2H3,(H,26,27). The second-order valence-electron chi connectivity index (χ2n) is 7.33. The summed E-state index contributed by atoms with van der Waals surface area (Å²) >= 11 is 0. The van der Waals surface area contributed by atoms with Gasteiger partial charge >= 0.3 is 0 Å². The van der Waals surface area contributed by atoms with E-state index in [1.165, 1.54) is 0 Å². The Labute approximate surface area is 169 Å². The van der Waals surface area contributed by atoms with Crippen molar-refractivity contribution < 1.29 is 0 Å². The molecule has 0 amide bonds. The van der Waals surface area contributed by atoms with E-state index in [1.54, 1.807) is 0 Å². The monoisotopic (exact) mass is 379 g/mol. The van der Waals surface area contributed by atoms with Crippen molar-refractivity contribution in [1.29, 1.82) is 0 Å². The summed E-state index contributed by atoms with van der Waals surface area (Å²) in [5.41, 5.74) is 7.82. The molecule has 0 saturated carbocycles. The van der Waals surface area contributed by atoms with Gasteiger partial charge in [0.2, 0.25) is 0 Å². The van der Waals surface area contributed by atoms with Gasteiger partial charge in [-0.15, -0.1) is 0 Å². The largest absolute Gasteiger partial charge is 0.378 e. The maximum atomic E-state index is 4.95. The molecule has 29 heavy (non-hydrogen) atoms. The maximum absolute atomic E-state index is 4.95. The van der Waals surface area contributed by atoms with Gasteiger partial charge in [-0.3, -0.25) is 0 Å². The van der Waals surface area contributed by atoms with Gasteiger partial charge in [-0.25, -0.2) is 15.0 Å². The Balaban J connectivity index is 1.63. The predicted molar refractivity (Wildman–Crippen MR) is 118 cm³/mol. The minimum atomic E-state index is 0.595. The average Bonchev–Trinajstić information content (AvgIpc) is 3.15. The third-order valence-electron chi connectivity index (χ3n) is 5.07. The first-order valence-corrected chi connectivity index (χ1v) is 9.64. The Hall–Kier alpha value is -3.73. The zero-order chi connectivity index (χ0) is 19.8. The molecule has 0 fully saturated rings. The molecule has 0 aliphatic rings. The number of anilines is 1. The van der Waals surface area contributed by atoms with Gasteiger partial charge in [0.05, 0.1) is 39.9 Å². The van der Waals surface area contributed by atoms with E-state index in [0.717, 1.165) is 50.5 Å².